The van der Waals surface area contributed by atoms with E-state index in [1.54, 1.807) is 0 Å². The van der Waals surface area contributed by atoms with Crippen molar-refractivity contribution < 1.29 is 38.8 Å². The van der Waals surface area contributed by atoms with E-state index in [2.05, 4.69) is 0 Å². The molecule has 0 heterocycles. The maximum Gasteiger partial charge on any atom is 4.00 e. The summed E-state index contributed by atoms with van der Waals surface area (Å²) < 4.78 is 0. The SMILES string of the molecule is [C-]#N.[C-]#N.[C-]#N.[C-]#N.[C-]#N.[C-]#N.[Cu+2].[Ti+4]. The number of hydrogen-bond acceptors (Lipinski definition) is 6. The van der Waals surface area contributed by atoms with Crippen molar-refractivity contribution in [1.29, 1.82) is 31.6 Å². The molecule has 0 saturated heterocycles. The first-order valence-electron chi connectivity index (χ1n) is 1.34. The molecule has 0 aromatic carbocycles. The molecule has 0 amide bonds. The van der Waals surface area contributed by atoms with Crippen LogP contribution in [-0.4, -0.2) is 0 Å². The van der Waals surface area contributed by atoms with E-state index < -0.39 is 0 Å². The molecule has 0 bridgehead atoms. The van der Waals surface area contributed by atoms with Crippen LogP contribution >= 0.6 is 0 Å². The van der Waals surface area contributed by atoms with Gasteiger partial charge in [-0.25, -0.2) is 0 Å². The molecule has 0 aliphatic rings. The van der Waals surface area contributed by atoms with Gasteiger partial charge in [-0.3, -0.25) is 0 Å². The monoisotopic (exact) mass is 267 g/mol. The Bertz CT molecular complexity index is 97.3. The Hall–Kier alpha value is -1.83. The molecule has 0 rings (SSSR count). The van der Waals surface area contributed by atoms with Crippen molar-refractivity contribution in [1.82, 2.24) is 0 Å². The Kier molecular flexibility index (Phi) is 2160. The molecule has 0 atom stereocenters. The summed E-state index contributed by atoms with van der Waals surface area (Å²) in [5.74, 6) is 0. The van der Waals surface area contributed by atoms with Crippen LogP contribution in [0.3, 0.4) is 0 Å². The standard InChI is InChI=1S/6CN.Cu.Ti/c6*1-2;;/q6*-1;+2;+4. The third-order valence-electron chi connectivity index (χ3n) is 0. The molecule has 0 fully saturated rings. The van der Waals surface area contributed by atoms with Gasteiger partial charge in [-0.2, -0.15) is 0 Å². The summed E-state index contributed by atoms with van der Waals surface area (Å²) >= 11 is 0. The molecule has 0 unspecified atom stereocenters. The third kappa shape index (κ3) is 257. The molecule has 14 heavy (non-hydrogen) atoms. The van der Waals surface area contributed by atoms with Crippen LogP contribution in [0.2, 0.25) is 0 Å². The number of rotatable bonds is 0. The first-order valence-corrected chi connectivity index (χ1v) is 1.34. The van der Waals surface area contributed by atoms with E-state index in [1.807, 2.05) is 0 Å². The van der Waals surface area contributed by atoms with Gasteiger partial charge < -0.3 is 71.0 Å². The van der Waals surface area contributed by atoms with E-state index in [4.69, 9.17) is 71.0 Å². The Morgan fingerprint density at radius 3 is 0.357 bits per heavy atom. The largest absolute Gasteiger partial charge is 4.00 e. The van der Waals surface area contributed by atoms with Crippen LogP contribution < -0.4 is 0 Å². The first kappa shape index (κ1) is 87.3. The average molecular weight is 268 g/mol. The zero-order valence-corrected chi connectivity index (χ0v) is 8.99. The van der Waals surface area contributed by atoms with Gasteiger partial charge in [0.2, 0.25) is 0 Å². The van der Waals surface area contributed by atoms with E-state index in [1.165, 1.54) is 0 Å². The van der Waals surface area contributed by atoms with Crippen molar-refractivity contribution in [3.05, 3.63) is 39.4 Å². The van der Waals surface area contributed by atoms with Crippen LogP contribution in [0.25, 0.3) is 0 Å². The maximum absolute atomic E-state index is 6.25. The minimum Gasteiger partial charge on any atom is -0.512 e. The van der Waals surface area contributed by atoms with E-state index in [9.17, 15) is 0 Å². The second-order valence-electron chi connectivity index (χ2n) is 0. The summed E-state index contributed by atoms with van der Waals surface area (Å²) in [5.41, 5.74) is 0. The molecular weight excluding hydrogens is 268 g/mol. The first-order chi connectivity index (χ1) is 6.00. The fourth-order valence-corrected chi connectivity index (χ4v) is 0. The summed E-state index contributed by atoms with van der Waals surface area (Å²) in [6, 6.07) is 0. The van der Waals surface area contributed by atoms with Crippen molar-refractivity contribution in [2.75, 3.05) is 0 Å². The summed E-state index contributed by atoms with van der Waals surface area (Å²) in [6.45, 7) is 28.5. The fourth-order valence-electron chi connectivity index (χ4n) is 0. The quantitative estimate of drug-likeness (QED) is 0.463. The third-order valence-corrected chi connectivity index (χ3v) is 0. The zero-order chi connectivity index (χ0) is 12.0. The van der Waals surface area contributed by atoms with Crippen LogP contribution in [0.5, 0.6) is 0 Å². The molecule has 1 radical (unpaired) electrons. The van der Waals surface area contributed by atoms with Crippen molar-refractivity contribution in [3.63, 3.8) is 0 Å². The van der Waals surface area contributed by atoms with Gasteiger partial charge in [0, 0.05) is 0 Å². The minimum atomic E-state index is 0. The van der Waals surface area contributed by atoms with E-state index in [0.29, 0.717) is 0 Å². The summed E-state index contributed by atoms with van der Waals surface area (Å²) in [6.07, 6.45) is 0. The smallest absolute Gasteiger partial charge is 0.512 e. The second-order valence-corrected chi connectivity index (χ2v) is 0. The van der Waals surface area contributed by atoms with Gasteiger partial charge in [0.25, 0.3) is 0 Å². The van der Waals surface area contributed by atoms with Gasteiger partial charge in [-0.05, 0) is 0 Å². The van der Waals surface area contributed by atoms with Crippen LogP contribution in [0.15, 0.2) is 0 Å². The molecule has 6 nitrogen and oxygen atoms in total. The molecule has 0 aromatic rings. The van der Waals surface area contributed by atoms with E-state index in [-0.39, 0.29) is 38.8 Å². The van der Waals surface area contributed by atoms with Gasteiger partial charge in [-0.1, -0.05) is 0 Å². The molecule has 0 aliphatic heterocycles. The van der Waals surface area contributed by atoms with Crippen molar-refractivity contribution in [2.45, 2.75) is 0 Å². The minimum absolute atomic E-state index is 0. The van der Waals surface area contributed by atoms with Crippen LogP contribution in [0.4, 0.5) is 0 Å². The maximum atomic E-state index is 6.25. The van der Waals surface area contributed by atoms with Crippen LogP contribution in [0.1, 0.15) is 0 Å². The molecular formula is C6CuN6Ti. The van der Waals surface area contributed by atoms with Gasteiger partial charge in [-0.15, -0.1) is 0 Å². The van der Waals surface area contributed by atoms with Crippen LogP contribution in [0, 0.1) is 71.0 Å². The van der Waals surface area contributed by atoms with Gasteiger partial charge in [0.15, 0.2) is 0 Å². The Balaban J connectivity index is -0.00000000500. The zero-order valence-electron chi connectivity index (χ0n) is 6.48. The van der Waals surface area contributed by atoms with Crippen molar-refractivity contribution in [2.24, 2.45) is 0 Å². The predicted molar refractivity (Wildman–Crippen MR) is 29.8 cm³/mol. The molecule has 0 saturated carbocycles. The molecule has 0 aromatic heterocycles. The normalized spacial score (nSPS) is 0.857. The Morgan fingerprint density at radius 2 is 0.357 bits per heavy atom. The summed E-state index contributed by atoms with van der Waals surface area (Å²) in [7, 11) is 0. The molecule has 8 heteroatoms. The number of hydrogen-bond donors (Lipinski definition) is 0. The molecule has 0 N–H and O–H groups in total. The molecule has 0 aliphatic carbocycles. The Morgan fingerprint density at radius 1 is 0.357 bits per heavy atom. The van der Waals surface area contributed by atoms with Crippen molar-refractivity contribution >= 4 is 0 Å². The second kappa shape index (κ2) is 347. The Labute approximate surface area is 110 Å². The fraction of sp³-hybridized carbons (Fsp3) is 0. The number of nitrogens with zero attached hydrogens (tertiary/aromatic N) is 6. The topological polar surface area (TPSA) is 143 Å². The molecule has 69 valence electrons. The van der Waals surface area contributed by atoms with Crippen LogP contribution in [-0.2, 0) is 38.8 Å². The van der Waals surface area contributed by atoms with E-state index >= 15 is 0 Å². The molecule has 0 spiro atoms. The average Bonchev–Trinajstić information content (AvgIpc) is 2.33. The van der Waals surface area contributed by atoms with Gasteiger partial charge in [0.05, 0.1) is 0 Å². The predicted octanol–water partition coefficient (Wildman–Crippen LogP) is 0.573. The van der Waals surface area contributed by atoms with Gasteiger partial charge >= 0.3 is 38.8 Å². The summed E-state index contributed by atoms with van der Waals surface area (Å²) in [4.78, 5) is 0. The van der Waals surface area contributed by atoms with Crippen molar-refractivity contribution in [3.8, 4) is 0 Å². The van der Waals surface area contributed by atoms with E-state index in [0.717, 1.165) is 0 Å². The van der Waals surface area contributed by atoms with Gasteiger partial charge in [0.1, 0.15) is 0 Å². The summed E-state index contributed by atoms with van der Waals surface area (Å²) in [5, 5.41) is 37.5.